The highest BCUT2D eigenvalue weighted by Crippen LogP contribution is 2.17. The van der Waals surface area contributed by atoms with E-state index >= 15 is 0 Å². The number of alkyl halides is 3. The second-order valence-electron chi connectivity index (χ2n) is 4.25. The van der Waals surface area contributed by atoms with E-state index in [-0.39, 0.29) is 29.9 Å². The van der Waals surface area contributed by atoms with Crippen LogP contribution in [-0.2, 0) is 11.3 Å². The third-order valence-corrected chi connectivity index (χ3v) is 2.47. The van der Waals surface area contributed by atoms with Crippen LogP contribution in [0, 0.1) is 0 Å². The maximum absolute atomic E-state index is 12.1. The summed E-state index contributed by atoms with van der Waals surface area (Å²) in [6, 6.07) is 3.12. The lowest BCUT2D eigenvalue weighted by Gasteiger charge is -2.12. The Labute approximate surface area is 149 Å². The number of guanidine groups is 1. The molecule has 1 aromatic heterocycles. The average Bonchev–Trinajstić information content (AvgIpc) is 2.48. The summed E-state index contributed by atoms with van der Waals surface area (Å²) in [5.41, 5.74) is 0.724. The Morgan fingerprint density at radius 2 is 2.09 bits per heavy atom. The van der Waals surface area contributed by atoms with Gasteiger partial charge in [-0.3, -0.25) is 4.99 Å². The molecular weight excluding hydrogens is 428 g/mol. The second kappa shape index (κ2) is 11.3. The Morgan fingerprint density at radius 1 is 1.35 bits per heavy atom. The third-order valence-electron chi connectivity index (χ3n) is 2.47. The highest BCUT2D eigenvalue weighted by molar-refractivity contribution is 14.0. The Kier molecular flexibility index (Phi) is 10.6. The van der Waals surface area contributed by atoms with Crippen LogP contribution in [-0.4, -0.2) is 51.0 Å². The molecule has 0 aliphatic carbocycles. The zero-order valence-corrected chi connectivity index (χ0v) is 15.1. The molecule has 1 rings (SSSR count). The molecule has 23 heavy (non-hydrogen) atoms. The lowest BCUT2D eigenvalue weighted by molar-refractivity contribution is -0.154. The quantitative estimate of drug-likeness (QED) is 0.289. The maximum Gasteiger partial charge on any atom is 0.422 e. The molecular formula is C13H20F3IN4O2. The van der Waals surface area contributed by atoms with Gasteiger partial charge in [0.1, 0.15) is 0 Å². The molecule has 0 spiro atoms. The minimum absolute atomic E-state index is 0. The second-order valence-corrected chi connectivity index (χ2v) is 4.25. The van der Waals surface area contributed by atoms with Crippen LogP contribution in [0.25, 0.3) is 0 Å². The first-order chi connectivity index (χ1) is 10.4. The number of aromatic nitrogens is 1. The van der Waals surface area contributed by atoms with E-state index in [1.165, 1.54) is 12.3 Å². The number of halogens is 4. The fourth-order valence-electron chi connectivity index (χ4n) is 1.47. The number of rotatable bonds is 7. The van der Waals surface area contributed by atoms with Crippen molar-refractivity contribution in [1.82, 2.24) is 15.6 Å². The van der Waals surface area contributed by atoms with Gasteiger partial charge in [0.15, 0.2) is 12.6 Å². The first-order valence-corrected chi connectivity index (χ1v) is 6.52. The molecule has 0 fully saturated rings. The summed E-state index contributed by atoms with van der Waals surface area (Å²) < 4.78 is 45.8. The van der Waals surface area contributed by atoms with Crippen molar-refractivity contribution in [3.8, 4) is 5.88 Å². The molecule has 0 aromatic carbocycles. The van der Waals surface area contributed by atoms with E-state index < -0.39 is 12.8 Å². The van der Waals surface area contributed by atoms with Gasteiger partial charge in [0.25, 0.3) is 0 Å². The van der Waals surface area contributed by atoms with Crippen molar-refractivity contribution in [3.05, 3.63) is 23.9 Å². The Balaban J connectivity index is 0.00000484. The third kappa shape index (κ3) is 10.2. The minimum Gasteiger partial charge on any atom is -0.468 e. The van der Waals surface area contributed by atoms with Gasteiger partial charge in [-0.15, -0.1) is 24.0 Å². The van der Waals surface area contributed by atoms with E-state index in [1.54, 1.807) is 20.2 Å². The minimum atomic E-state index is -4.39. The van der Waals surface area contributed by atoms with Crippen LogP contribution in [0.4, 0.5) is 13.2 Å². The number of nitrogens with one attached hydrogen (secondary N) is 2. The highest BCUT2D eigenvalue weighted by Gasteiger charge is 2.28. The van der Waals surface area contributed by atoms with E-state index in [4.69, 9.17) is 4.74 Å². The molecule has 1 heterocycles. The predicted octanol–water partition coefficient (Wildman–Crippen LogP) is 1.95. The van der Waals surface area contributed by atoms with Crippen molar-refractivity contribution in [1.29, 1.82) is 0 Å². The average molecular weight is 448 g/mol. The fraction of sp³-hybridized carbons (Fsp3) is 0.538. The van der Waals surface area contributed by atoms with Gasteiger partial charge in [-0.05, 0) is 11.6 Å². The number of hydrogen-bond acceptors (Lipinski definition) is 4. The normalized spacial score (nSPS) is 11.6. The highest BCUT2D eigenvalue weighted by atomic mass is 127. The monoisotopic (exact) mass is 448 g/mol. The molecule has 0 amide bonds. The van der Waals surface area contributed by atoms with Gasteiger partial charge < -0.3 is 20.1 Å². The lowest BCUT2D eigenvalue weighted by atomic mass is 10.2. The van der Waals surface area contributed by atoms with Gasteiger partial charge in [-0.1, -0.05) is 0 Å². The molecule has 6 nitrogen and oxygen atoms in total. The maximum atomic E-state index is 12.1. The van der Waals surface area contributed by atoms with Gasteiger partial charge in [0.05, 0.1) is 6.61 Å². The molecule has 0 radical (unpaired) electrons. The zero-order chi connectivity index (χ0) is 16.4. The summed E-state index contributed by atoms with van der Waals surface area (Å²) >= 11 is 0. The van der Waals surface area contributed by atoms with Gasteiger partial charge in [-0.25, -0.2) is 4.98 Å². The van der Waals surface area contributed by atoms with Gasteiger partial charge in [0, 0.05) is 39.5 Å². The summed E-state index contributed by atoms with van der Waals surface area (Å²) in [6.45, 7) is 0.131. The molecule has 2 N–H and O–H groups in total. The largest absolute Gasteiger partial charge is 0.468 e. The lowest BCUT2D eigenvalue weighted by Crippen LogP contribution is -2.38. The van der Waals surface area contributed by atoms with Crippen molar-refractivity contribution < 1.29 is 22.6 Å². The SMILES string of the molecule is CN=C(NCCOC)NCc1ccnc(OCC(F)(F)F)c1.I. The standard InChI is InChI=1S/C13H19F3N4O2.HI/c1-17-12(19-5-6-21-2)20-8-10-3-4-18-11(7-10)22-9-13(14,15)16;/h3-4,7H,5-6,8-9H2,1-2H3,(H2,17,19,20);1H. The van der Waals surface area contributed by atoms with Crippen molar-refractivity contribution in [2.45, 2.75) is 12.7 Å². The van der Waals surface area contributed by atoms with Crippen LogP contribution in [0.1, 0.15) is 5.56 Å². The van der Waals surface area contributed by atoms with Gasteiger partial charge in [-0.2, -0.15) is 13.2 Å². The summed E-state index contributed by atoms with van der Waals surface area (Å²) in [6.07, 6.45) is -2.99. The molecule has 1 aromatic rings. The summed E-state index contributed by atoms with van der Waals surface area (Å²) in [4.78, 5) is 7.75. The number of ether oxygens (including phenoxy) is 2. The molecule has 0 bridgehead atoms. The van der Waals surface area contributed by atoms with Crippen molar-refractivity contribution in [2.75, 3.05) is 33.9 Å². The van der Waals surface area contributed by atoms with Crippen LogP contribution < -0.4 is 15.4 Å². The number of aliphatic imine (C=N–C) groups is 1. The molecule has 0 aliphatic rings. The topological polar surface area (TPSA) is 67.8 Å². The molecule has 0 saturated carbocycles. The Morgan fingerprint density at radius 3 is 2.70 bits per heavy atom. The van der Waals surface area contributed by atoms with Crippen LogP contribution >= 0.6 is 24.0 Å². The number of methoxy groups -OCH3 is 1. The summed E-state index contributed by atoms with van der Waals surface area (Å²) in [7, 11) is 3.21. The molecule has 0 saturated heterocycles. The molecule has 0 unspecified atom stereocenters. The summed E-state index contributed by atoms with van der Waals surface area (Å²) in [5, 5.41) is 6.04. The molecule has 0 atom stereocenters. The predicted molar refractivity (Wildman–Crippen MR) is 91.3 cm³/mol. The van der Waals surface area contributed by atoms with Crippen LogP contribution in [0.15, 0.2) is 23.3 Å². The Bertz CT molecular complexity index is 487. The number of hydrogen-bond donors (Lipinski definition) is 2. The van der Waals surface area contributed by atoms with Crippen molar-refractivity contribution in [2.24, 2.45) is 4.99 Å². The smallest absolute Gasteiger partial charge is 0.422 e. The van der Waals surface area contributed by atoms with Crippen LogP contribution in [0.3, 0.4) is 0 Å². The number of pyridine rings is 1. The van der Waals surface area contributed by atoms with Crippen LogP contribution in [0.5, 0.6) is 5.88 Å². The van der Waals surface area contributed by atoms with Crippen molar-refractivity contribution in [3.63, 3.8) is 0 Å². The van der Waals surface area contributed by atoms with Gasteiger partial charge >= 0.3 is 6.18 Å². The van der Waals surface area contributed by atoms with Gasteiger partial charge in [0.2, 0.25) is 5.88 Å². The van der Waals surface area contributed by atoms with E-state index in [0.717, 1.165) is 5.56 Å². The number of nitrogens with zero attached hydrogens (tertiary/aromatic N) is 2. The van der Waals surface area contributed by atoms with Crippen LogP contribution in [0.2, 0.25) is 0 Å². The van der Waals surface area contributed by atoms with E-state index in [0.29, 0.717) is 25.7 Å². The summed E-state index contributed by atoms with van der Waals surface area (Å²) in [5.74, 6) is 0.491. The zero-order valence-electron chi connectivity index (χ0n) is 12.8. The van der Waals surface area contributed by atoms with Crippen molar-refractivity contribution >= 4 is 29.9 Å². The molecule has 10 heteroatoms. The molecule has 132 valence electrons. The molecule has 0 aliphatic heterocycles. The van der Waals surface area contributed by atoms with E-state index in [9.17, 15) is 13.2 Å². The Hall–Kier alpha value is -1.30. The van der Waals surface area contributed by atoms with E-state index in [1.807, 2.05) is 0 Å². The first-order valence-electron chi connectivity index (χ1n) is 6.52. The first kappa shape index (κ1) is 21.7. The van der Waals surface area contributed by atoms with E-state index in [2.05, 4.69) is 25.3 Å². The fourth-order valence-corrected chi connectivity index (χ4v) is 1.47.